The summed E-state index contributed by atoms with van der Waals surface area (Å²) < 4.78 is 0. The van der Waals surface area contributed by atoms with E-state index >= 15 is 0 Å². The first-order valence-electron chi connectivity index (χ1n) is 10.6. The van der Waals surface area contributed by atoms with Gasteiger partial charge in [-0.05, 0) is 57.0 Å². The third kappa shape index (κ3) is 4.44. The molecule has 0 spiro atoms. The number of urea groups is 1. The van der Waals surface area contributed by atoms with E-state index in [0.29, 0.717) is 18.7 Å². The number of nitrogens with zero attached hydrogens (tertiary/aromatic N) is 3. The number of nitrogens with one attached hydrogen (secondary N) is 2. The molecule has 0 aliphatic carbocycles. The molecular formula is C23H27N5O3. The standard InChI is InChI=1S/C23H27N5O3/c1-15-8-9-18(16(2)12-15)26-20(29)14-27-19-7-5-11-25-21(19)22(30)28(23(27)31)13-17-6-3-4-10-24-17/h3-4,6,8-10,12,19,21,25H,5,7,11,13-14H2,1-2H3,(H,26,29). The molecule has 1 aromatic heterocycles. The van der Waals surface area contributed by atoms with Crippen molar-refractivity contribution in [3.8, 4) is 0 Å². The summed E-state index contributed by atoms with van der Waals surface area (Å²) >= 11 is 0. The largest absolute Gasteiger partial charge is 0.327 e. The van der Waals surface area contributed by atoms with Gasteiger partial charge in [-0.1, -0.05) is 23.8 Å². The van der Waals surface area contributed by atoms with Crippen molar-refractivity contribution in [2.45, 2.75) is 45.3 Å². The summed E-state index contributed by atoms with van der Waals surface area (Å²) in [6.07, 6.45) is 3.16. The average molecular weight is 422 g/mol. The topological polar surface area (TPSA) is 94.6 Å². The fraction of sp³-hybridized carbons (Fsp3) is 0.391. The van der Waals surface area contributed by atoms with Gasteiger partial charge in [0.2, 0.25) is 11.8 Å². The Morgan fingerprint density at radius 1 is 1.23 bits per heavy atom. The van der Waals surface area contributed by atoms with Crippen LogP contribution in [0.15, 0.2) is 42.6 Å². The van der Waals surface area contributed by atoms with Gasteiger partial charge in [0, 0.05) is 11.9 Å². The first-order chi connectivity index (χ1) is 14.9. The first-order valence-corrected chi connectivity index (χ1v) is 10.6. The number of piperidine rings is 1. The summed E-state index contributed by atoms with van der Waals surface area (Å²) in [4.78, 5) is 46.2. The molecule has 0 radical (unpaired) electrons. The fourth-order valence-electron chi connectivity index (χ4n) is 4.30. The van der Waals surface area contributed by atoms with Crippen molar-refractivity contribution in [3.63, 3.8) is 0 Å². The number of fused-ring (bicyclic) bond motifs is 1. The number of carbonyl (C=O) groups excluding carboxylic acids is 3. The molecule has 2 atom stereocenters. The zero-order valence-corrected chi connectivity index (χ0v) is 17.8. The molecular weight excluding hydrogens is 394 g/mol. The highest BCUT2D eigenvalue weighted by atomic mass is 16.2. The number of aromatic nitrogens is 1. The van der Waals surface area contributed by atoms with Crippen LogP contribution in [-0.4, -0.2) is 57.8 Å². The number of rotatable bonds is 5. The Hall–Kier alpha value is -3.26. The van der Waals surface area contributed by atoms with Crippen LogP contribution < -0.4 is 10.6 Å². The summed E-state index contributed by atoms with van der Waals surface area (Å²) in [6.45, 7) is 4.61. The SMILES string of the molecule is Cc1ccc(NC(=O)CN2C(=O)N(Cc3ccccn3)C(=O)C3NCCCC32)c(C)c1. The summed E-state index contributed by atoms with van der Waals surface area (Å²) in [7, 11) is 0. The van der Waals surface area contributed by atoms with E-state index in [-0.39, 0.29) is 30.9 Å². The Balaban J connectivity index is 1.54. The number of carbonyl (C=O) groups is 3. The third-order valence-corrected chi connectivity index (χ3v) is 5.85. The molecule has 31 heavy (non-hydrogen) atoms. The molecule has 3 heterocycles. The molecule has 2 saturated heterocycles. The van der Waals surface area contributed by atoms with Crippen molar-refractivity contribution in [1.29, 1.82) is 0 Å². The van der Waals surface area contributed by atoms with Crippen molar-refractivity contribution in [2.75, 3.05) is 18.4 Å². The minimum Gasteiger partial charge on any atom is -0.324 e. The lowest BCUT2D eigenvalue weighted by Gasteiger charge is -2.46. The predicted molar refractivity (Wildman–Crippen MR) is 116 cm³/mol. The highest BCUT2D eigenvalue weighted by Gasteiger charge is 2.47. The average Bonchev–Trinajstić information content (AvgIpc) is 2.77. The van der Waals surface area contributed by atoms with Crippen LogP contribution >= 0.6 is 0 Å². The monoisotopic (exact) mass is 421 g/mol. The lowest BCUT2D eigenvalue weighted by atomic mass is 9.93. The zero-order chi connectivity index (χ0) is 22.0. The van der Waals surface area contributed by atoms with Gasteiger partial charge in [-0.3, -0.25) is 19.5 Å². The highest BCUT2D eigenvalue weighted by Crippen LogP contribution is 2.26. The lowest BCUT2D eigenvalue weighted by Crippen LogP contribution is -2.70. The van der Waals surface area contributed by atoms with Crippen LogP contribution in [0.2, 0.25) is 0 Å². The van der Waals surface area contributed by atoms with E-state index in [9.17, 15) is 14.4 Å². The first kappa shape index (κ1) is 21.0. The summed E-state index contributed by atoms with van der Waals surface area (Å²) in [5.74, 6) is -0.539. The number of hydrogen-bond donors (Lipinski definition) is 2. The Morgan fingerprint density at radius 2 is 2.06 bits per heavy atom. The van der Waals surface area contributed by atoms with Crippen molar-refractivity contribution >= 4 is 23.5 Å². The molecule has 2 fully saturated rings. The quantitative estimate of drug-likeness (QED) is 0.772. The second kappa shape index (κ2) is 8.85. The summed E-state index contributed by atoms with van der Waals surface area (Å²) in [6, 6.07) is 9.88. The predicted octanol–water partition coefficient (Wildman–Crippen LogP) is 2.22. The maximum absolute atomic E-state index is 13.3. The van der Waals surface area contributed by atoms with Crippen LogP contribution in [0.25, 0.3) is 0 Å². The molecule has 8 nitrogen and oxygen atoms in total. The Kier molecular flexibility index (Phi) is 5.99. The van der Waals surface area contributed by atoms with E-state index in [1.54, 1.807) is 18.3 Å². The molecule has 162 valence electrons. The maximum atomic E-state index is 13.3. The van der Waals surface area contributed by atoms with Crippen LogP contribution in [0, 0.1) is 13.8 Å². The minimum atomic E-state index is -0.510. The van der Waals surface area contributed by atoms with Crippen LogP contribution in [-0.2, 0) is 16.1 Å². The minimum absolute atomic E-state index is 0.0819. The highest BCUT2D eigenvalue weighted by molar-refractivity contribution is 6.03. The number of benzene rings is 1. The molecule has 0 bridgehead atoms. The molecule has 4 rings (SSSR count). The van der Waals surface area contributed by atoms with Crippen molar-refractivity contribution < 1.29 is 14.4 Å². The van der Waals surface area contributed by atoms with Gasteiger partial charge < -0.3 is 15.5 Å². The van der Waals surface area contributed by atoms with Gasteiger partial charge >= 0.3 is 6.03 Å². The number of amides is 4. The van der Waals surface area contributed by atoms with Gasteiger partial charge in [0.25, 0.3) is 0 Å². The lowest BCUT2D eigenvalue weighted by molar-refractivity contribution is -0.138. The van der Waals surface area contributed by atoms with E-state index in [0.717, 1.165) is 23.2 Å². The summed E-state index contributed by atoms with van der Waals surface area (Å²) in [5, 5.41) is 6.15. The number of anilines is 1. The molecule has 8 heteroatoms. The van der Waals surface area contributed by atoms with E-state index in [1.807, 2.05) is 38.1 Å². The van der Waals surface area contributed by atoms with Gasteiger partial charge in [0.15, 0.2) is 0 Å². The smallest absolute Gasteiger partial charge is 0.324 e. The Labute approximate surface area is 181 Å². The van der Waals surface area contributed by atoms with Crippen molar-refractivity contribution in [2.24, 2.45) is 0 Å². The van der Waals surface area contributed by atoms with E-state index in [2.05, 4.69) is 15.6 Å². The molecule has 2 unspecified atom stereocenters. The van der Waals surface area contributed by atoms with Crippen LogP contribution in [0.3, 0.4) is 0 Å². The summed E-state index contributed by atoms with van der Waals surface area (Å²) in [5.41, 5.74) is 3.42. The van der Waals surface area contributed by atoms with Gasteiger partial charge in [-0.15, -0.1) is 0 Å². The van der Waals surface area contributed by atoms with Gasteiger partial charge in [0.05, 0.1) is 18.3 Å². The van der Waals surface area contributed by atoms with Crippen LogP contribution in [0.1, 0.15) is 29.7 Å². The van der Waals surface area contributed by atoms with Gasteiger partial charge in [-0.2, -0.15) is 0 Å². The number of aryl methyl sites for hydroxylation is 2. The van der Waals surface area contributed by atoms with Crippen molar-refractivity contribution in [1.82, 2.24) is 20.1 Å². The molecule has 2 aromatic rings. The van der Waals surface area contributed by atoms with Gasteiger partial charge in [-0.25, -0.2) is 4.79 Å². The number of pyridine rings is 1. The van der Waals surface area contributed by atoms with Crippen LogP contribution in [0.5, 0.6) is 0 Å². The maximum Gasteiger partial charge on any atom is 0.327 e. The second-order valence-corrected chi connectivity index (χ2v) is 8.16. The molecule has 2 aliphatic rings. The molecule has 4 amide bonds. The molecule has 1 aromatic carbocycles. The molecule has 2 aliphatic heterocycles. The van der Waals surface area contributed by atoms with E-state index in [1.165, 1.54) is 9.80 Å². The van der Waals surface area contributed by atoms with E-state index in [4.69, 9.17) is 0 Å². The number of imide groups is 1. The Morgan fingerprint density at radius 3 is 2.81 bits per heavy atom. The Bertz CT molecular complexity index is 994. The zero-order valence-electron chi connectivity index (χ0n) is 17.8. The van der Waals surface area contributed by atoms with Crippen molar-refractivity contribution in [3.05, 3.63) is 59.4 Å². The molecule has 0 saturated carbocycles. The fourth-order valence-corrected chi connectivity index (χ4v) is 4.30. The van der Waals surface area contributed by atoms with Gasteiger partial charge in [0.1, 0.15) is 12.6 Å². The second-order valence-electron chi connectivity index (χ2n) is 8.16. The van der Waals surface area contributed by atoms with Crippen LogP contribution in [0.4, 0.5) is 10.5 Å². The molecule has 2 N–H and O–H groups in total. The third-order valence-electron chi connectivity index (χ3n) is 5.85. The normalized spacial score (nSPS) is 21.1. The van der Waals surface area contributed by atoms with E-state index < -0.39 is 12.1 Å². The number of hydrogen-bond acceptors (Lipinski definition) is 5.